The lowest BCUT2D eigenvalue weighted by Gasteiger charge is -2.07. The van der Waals surface area contributed by atoms with E-state index in [1.54, 1.807) is 12.4 Å². The van der Waals surface area contributed by atoms with Crippen molar-refractivity contribution >= 4 is 28.5 Å². The summed E-state index contributed by atoms with van der Waals surface area (Å²) in [6, 6.07) is 5.65. The molecule has 0 bridgehead atoms. The SMILES string of the molecule is CCn1c(-c2nccnc2N)nc2cccc(Cl)c21. The molecule has 0 saturated heterocycles. The van der Waals surface area contributed by atoms with Crippen LogP contribution in [0.25, 0.3) is 22.6 Å². The lowest BCUT2D eigenvalue weighted by atomic mass is 10.3. The molecule has 0 aliphatic rings. The van der Waals surface area contributed by atoms with Gasteiger partial charge in [-0.2, -0.15) is 0 Å². The highest BCUT2D eigenvalue weighted by Gasteiger charge is 2.16. The molecule has 0 spiro atoms. The summed E-state index contributed by atoms with van der Waals surface area (Å²) in [4.78, 5) is 12.9. The predicted molar refractivity (Wildman–Crippen MR) is 75.9 cm³/mol. The number of fused-ring (bicyclic) bond motifs is 1. The molecule has 1 aromatic carbocycles. The predicted octanol–water partition coefficient (Wildman–Crippen LogP) is 2.75. The summed E-state index contributed by atoms with van der Waals surface area (Å²) in [6.45, 7) is 2.76. The van der Waals surface area contributed by atoms with Gasteiger partial charge in [-0.15, -0.1) is 0 Å². The molecule has 0 atom stereocenters. The average Bonchev–Trinajstić information content (AvgIpc) is 2.79. The van der Waals surface area contributed by atoms with Gasteiger partial charge in [-0.05, 0) is 19.1 Å². The number of imidazole rings is 1. The Labute approximate surface area is 115 Å². The molecule has 0 amide bonds. The van der Waals surface area contributed by atoms with Crippen molar-refractivity contribution in [2.45, 2.75) is 13.5 Å². The summed E-state index contributed by atoms with van der Waals surface area (Å²) in [5, 5.41) is 0.667. The van der Waals surface area contributed by atoms with E-state index in [1.165, 1.54) is 0 Å². The minimum Gasteiger partial charge on any atom is -0.382 e. The summed E-state index contributed by atoms with van der Waals surface area (Å²) in [6.07, 6.45) is 3.16. The number of hydrogen-bond donors (Lipinski definition) is 1. The quantitative estimate of drug-likeness (QED) is 0.779. The van der Waals surface area contributed by atoms with E-state index in [0.717, 1.165) is 17.6 Å². The van der Waals surface area contributed by atoms with Gasteiger partial charge in [-0.1, -0.05) is 17.7 Å². The number of rotatable bonds is 2. The zero-order chi connectivity index (χ0) is 13.4. The van der Waals surface area contributed by atoms with Crippen molar-refractivity contribution in [2.24, 2.45) is 0 Å². The van der Waals surface area contributed by atoms with E-state index in [1.807, 2.05) is 29.7 Å². The van der Waals surface area contributed by atoms with Gasteiger partial charge in [0.2, 0.25) is 0 Å². The zero-order valence-corrected chi connectivity index (χ0v) is 11.1. The molecule has 0 fully saturated rings. The molecule has 5 nitrogen and oxygen atoms in total. The van der Waals surface area contributed by atoms with Crippen molar-refractivity contribution in [2.75, 3.05) is 5.73 Å². The third-order valence-corrected chi connectivity index (χ3v) is 3.28. The van der Waals surface area contributed by atoms with Crippen molar-refractivity contribution in [3.05, 3.63) is 35.6 Å². The molecule has 3 rings (SSSR count). The molecular formula is C13H12ClN5. The van der Waals surface area contributed by atoms with E-state index >= 15 is 0 Å². The van der Waals surface area contributed by atoms with Crippen molar-refractivity contribution in [1.82, 2.24) is 19.5 Å². The Balaban J connectivity index is 2.36. The van der Waals surface area contributed by atoms with E-state index in [9.17, 15) is 0 Å². The molecule has 0 saturated carbocycles. The van der Waals surface area contributed by atoms with Crippen LogP contribution in [0.3, 0.4) is 0 Å². The van der Waals surface area contributed by atoms with E-state index in [4.69, 9.17) is 17.3 Å². The summed E-state index contributed by atoms with van der Waals surface area (Å²) >= 11 is 6.25. The Morgan fingerprint density at radius 2 is 2.05 bits per heavy atom. The molecular weight excluding hydrogens is 262 g/mol. The van der Waals surface area contributed by atoms with E-state index < -0.39 is 0 Å². The van der Waals surface area contributed by atoms with Gasteiger partial charge in [0.1, 0.15) is 5.69 Å². The number of nitrogens with two attached hydrogens (primary N) is 1. The number of halogens is 1. The number of para-hydroxylation sites is 1. The van der Waals surface area contributed by atoms with Crippen LogP contribution in [0.15, 0.2) is 30.6 Å². The molecule has 2 N–H and O–H groups in total. The van der Waals surface area contributed by atoms with Crippen LogP contribution in [-0.4, -0.2) is 19.5 Å². The average molecular weight is 274 g/mol. The Kier molecular flexibility index (Phi) is 2.83. The number of hydrogen-bond acceptors (Lipinski definition) is 4. The van der Waals surface area contributed by atoms with Crippen LogP contribution in [0.5, 0.6) is 0 Å². The Hall–Kier alpha value is -2.14. The topological polar surface area (TPSA) is 69.6 Å². The lowest BCUT2D eigenvalue weighted by Crippen LogP contribution is -2.03. The van der Waals surface area contributed by atoms with Crippen LogP contribution < -0.4 is 5.73 Å². The van der Waals surface area contributed by atoms with Crippen LogP contribution in [0.2, 0.25) is 5.02 Å². The first-order valence-corrected chi connectivity index (χ1v) is 6.31. The summed E-state index contributed by atoms with van der Waals surface area (Å²) in [7, 11) is 0. The maximum atomic E-state index is 6.25. The van der Waals surface area contributed by atoms with Gasteiger partial charge >= 0.3 is 0 Å². The standard InChI is InChI=1S/C13H12ClN5/c1-2-19-11-8(14)4-3-5-9(11)18-13(19)10-12(15)17-7-6-16-10/h3-7H,2H2,1H3,(H2,15,17). The fourth-order valence-electron chi connectivity index (χ4n) is 2.15. The highest BCUT2D eigenvalue weighted by molar-refractivity contribution is 6.35. The molecule has 0 aliphatic carbocycles. The normalized spacial score (nSPS) is 11.1. The largest absolute Gasteiger partial charge is 0.382 e. The fourth-order valence-corrected chi connectivity index (χ4v) is 2.42. The first-order valence-electron chi connectivity index (χ1n) is 5.94. The van der Waals surface area contributed by atoms with Crippen molar-refractivity contribution < 1.29 is 0 Å². The second kappa shape index (κ2) is 4.51. The number of nitrogens with zero attached hydrogens (tertiary/aromatic N) is 4. The van der Waals surface area contributed by atoms with Gasteiger partial charge in [0, 0.05) is 18.9 Å². The minimum atomic E-state index is 0.364. The first-order chi connectivity index (χ1) is 9.22. The van der Waals surface area contributed by atoms with Crippen LogP contribution in [0.4, 0.5) is 5.82 Å². The van der Waals surface area contributed by atoms with Gasteiger partial charge < -0.3 is 10.3 Å². The Morgan fingerprint density at radius 1 is 1.26 bits per heavy atom. The molecule has 3 aromatic rings. The highest BCUT2D eigenvalue weighted by Crippen LogP contribution is 2.30. The molecule has 19 heavy (non-hydrogen) atoms. The minimum absolute atomic E-state index is 0.364. The van der Waals surface area contributed by atoms with Gasteiger partial charge in [0.25, 0.3) is 0 Å². The summed E-state index contributed by atoms with van der Waals surface area (Å²) < 4.78 is 2.00. The summed E-state index contributed by atoms with van der Waals surface area (Å²) in [5.41, 5.74) is 8.18. The third kappa shape index (κ3) is 1.82. The zero-order valence-electron chi connectivity index (χ0n) is 10.3. The van der Waals surface area contributed by atoms with E-state index in [0.29, 0.717) is 22.4 Å². The maximum absolute atomic E-state index is 6.25. The molecule has 0 aliphatic heterocycles. The van der Waals surface area contributed by atoms with Gasteiger partial charge in [0.05, 0.1) is 16.1 Å². The van der Waals surface area contributed by atoms with Crippen LogP contribution in [0.1, 0.15) is 6.92 Å². The van der Waals surface area contributed by atoms with Crippen molar-refractivity contribution in [3.8, 4) is 11.5 Å². The number of aryl methyl sites for hydroxylation is 1. The van der Waals surface area contributed by atoms with Crippen LogP contribution >= 0.6 is 11.6 Å². The molecule has 0 unspecified atom stereocenters. The Morgan fingerprint density at radius 3 is 2.79 bits per heavy atom. The molecule has 2 heterocycles. The lowest BCUT2D eigenvalue weighted by molar-refractivity contribution is 0.793. The molecule has 6 heteroatoms. The monoisotopic (exact) mass is 273 g/mol. The number of anilines is 1. The van der Waals surface area contributed by atoms with E-state index in [2.05, 4.69) is 15.0 Å². The molecule has 2 aromatic heterocycles. The number of nitrogen functional groups attached to an aromatic ring is 1. The summed E-state index contributed by atoms with van der Waals surface area (Å²) in [5.74, 6) is 1.06. The Bertz CT molecular complexity index is 750. The first kappa shape index (κ1) is 11.9. The van der Waals surface area contributed by atoms with Gasteiger partial charge in [0.15, 0.2) is 11.6 Å². The fraction of sp³-hybridized carbons (Fsp3) is 0.154. The van der Waals surface area contributed by atoms with Gasteiger partial charge in [-0.25, -0.2) is 15.0 Å². The third-order valence-electron chi connectivity index (χ3n) is 2.97. The van der Waals surface area contributed by atoms with Crippen LogP contribution in [0, 0.1) is 0 Å². The van der Waals surface area contributed by atoms with E-state index in [-0.39, 0.29) is 0 Å². The van der Waals surface area contributed by atoms with Crippen molar-refractivity contribution in [1.29, 1.82) is 0 Å². The second-order valence-electron chi connectivity index (χ2n) is 4.08. The van der Waals surface area contributed by atoms with Crippen molar-refractivity contribution in [3.63, 3.8) is 0 Å². The molecule has 0 radical (unpaired) electrons. The molecule has 96 valence electrons. The highest BCUT2D eigenvalue weighted by atomic mass is 35.5. The maximum Gasteiger partial charge on any atom is 0.163 e. The van der Waals surface area contributed by atoms with Crippen LogP contribution in [-0.2, 0) is 6.54 Å². The number of benzene rings is 1. The smallest absolute Gasteiger partial charge is 0.163 e. The van der Waals surface area contributed by atoms with Gasteiger partial charge in [-0.3, -0.25) is 0 Å². The second-order valence-corrected chi connectivity index (χ2v) is 4.48. The number of aromatic nitrogens is 4.